The van der Waals surface area contributed by atoms with Crippen molar-refractivity contribution in [3.8, 4) is 11.5 Å². The third-order valence-electron chi connectivity index (χ3n) is 2.68. The third-order valence-corrected chi connectivity index (χ3v) is 3.06. The third kappa shape index (κ3) is 3.01. The van der Waals surface area contributed by atoms with Gasteiger partial charge in [-0.3, -0.25) is 0 Å². The van der Waals surface area contributed by atoms with Gasteiger partial charge in [0.25, 0.3) is 0 Å². The lowest BCUT2D eigenvalue weighted by atomic mass is 10.1. The second-order valence-electron chi connectivity index (χ2n) is 4.17. The van der Waals surface area contributed by atoms with E-state index in [-0.39, 0.29) is 17.3 Å². The zero-order valence-corrected chi connectivity index (χ0v) is 11.5. The topological polar surface area (TPSA) is 106 Å². The molecule has 6 nitrogen and oxygen atoms in total. The van der Waals surface area contributed by atoms with Crippen LogP contribution in [0.2, 0.25) is 5.02 Å². The highest BCUT2D eigenvalue weighted by Gasteiger charge is 2.30. The van der Waals surface area contributed by atoms with Crippen LogP contribution in [0.25, 0.3) is 0 Å². The summed E-state index contributed by atoms with van der Waals surface area (Å²) >= 11 is 5.62. The number of halogens is 3. The lowest BCUT2D eigenvalue weighted by Gasteiger charge is -2.18. The first-order chi connectivity index (χ1) is 10.3. The molecule has 116 valence electrons. The van der Waals surface area contributed by atoms with Crippen LogP contribution in [0.3, 0.4) is 0 Å². The van der Waals surface area contributed by atoms with E-state index in [1.807, 2.05) is 0 Å². The van der Waals surface area contributed by atoms with Crippen molar-refractivity contribution in [1.29, 1.82) is 0 Å². The molecule has 1 aromatic carbocycles. The minimum Gasteiger partial charge on any atom is -0.506 e. The summed E-state index contributed by atoms with van der Waals surface area (Å²) in [7, 11) is 0. The van der Waals surface area contributed by atoms with Crippen LogP contribution in [0, 0.1) is 11.6 Å². The van der Waals surface area contributed by atoms with Gasteiger partial charge < -0.3 is 20.7 Å². The maximum atomic E-state index is 13.8. The molecule has 0 aliphatic carbocycles. The number of nitrogen functional groups attached to an aromatic ring is 1. The SMILES string of the molecule is Nc1ncc(O)cc1OC(C(=O)O)c1c(F)ccc(F)c1Cl. The molecule has 0 bridgehead atoms. The van der Waals surface area contributed by atoms with E-state index in [1.54, 1.807) is 0 Å². The Hall–Kier alpha value is -2.61. The maximum absolute atomic E-state index is 13.8. The van der Waals surface area contributed by atoms with Crippen molar-refractivity contribution in [3.05, 3.63) is 46.6 Å². The standard InChI is InChI=1S/C13H9ClF2N2O4/c14-10-7(16)2-1-6(15)9(10)11(13(20)21)22-8-3-5(19)4-18-12(8)17/h1-4,11,19H,(H2,17,18)(H,20,21). The number of nitrogens with two attached hydrogens (primary N) is 1. The van der Waals surface area contributed by atoms with E-state index in [1.165, 1.54) is 0 Å². The van der Waals surface area contributed by atoms with Gasteiger partial charge in [0.05, 0.1) is 16.8 Å². The van der Waals surface area contributed by atoms with E-state index in [0.717, 1.165) is 24.4 Å². The fraction of sp³-hybridized carbons (Fsp3) is 0.0769. The van der Waals surface area contributed by atoms with Gasteiger partial charge in [-0.05, 0) is 12.1 Å². The van der Waals surface area contributed by atoms with Crippen molar-refractivity contribution in [2.75, 3.05) is 5.73 Å². The molecule has 2 aromatic rings. The predicted octanol–water partition coefficient (Wildman–Crippen LogP) is 2.51. The van der Waals surface area contributed by atoms with Crippen molar-refractivity contribution >= 4 is 23.4 Å². The fourth-order valence-electron chi connectivity index (χ4n) is 1.68. The number of aromatic nitrogens is 1. The summed E-state index contributed by atoms with van der Waals surface area (Å²) in [6.07, 6.45) is -0.970. The summed E-state index contributed by atoms with van der Waals surface area (Å²) in [4.78, 5) is 14.9. The fourth-order valence-corrected chi connectivity index (χ4v) is 1.93. The van der Waals surface area contributed by atoms with E-state index in [0.29, 0.717) is 0 Å². The first kappa shape index (κ1) is 15.8. The molecule has 1 heterocycles. The summed E-state index contributed by atoms with van der Waals surface area (Å²) in [6, 6.07) is 2.47. The number of carboxylic acids is 1. The van der Waals surface area contributed by atoms with E-state index in [2.05, 4.69) is 4.98 Å². The minimum atomic E-state index is -1.98. The van der Waals surface area contributed by atoms with Gasteiger partial charge in [0.1, 0.15) is 17.4 Å². The number of benzene rings is 1. The number of hydrogen-bond donors (Lipinski definition) is 3. The van der Waals surface area contributed by atoms with Gasteiger partial charge in [-0.15, -0.1) is 0 Å². The number of pyridine rings is 1. The van der Waals surface area contributed by atoms with Gasteiger partial charge >= 0.3 is 5.97 Å². The monoisotopic (exact) mass is 330 g/mol. The van der Waals surface area contributed by atoms with Crippen molar-refractivity contribution in [2.45, 2.75) is 6.10 Å². The normalized spacial score (nSPS) is 12.0. The van der Waals surface area contributed by atoms with Crippen LogP contribution >= 0.6 is 11.6 Å². The molecule has 0 spiro atoms. The van der Waals surface area contributed by atoms with E-state index in [4.69, 9.17) is 22.1 Å². The molecule has 0 fully saturated rings. The molecule has 1 aromatic heterocycles. The molecular formula is C13H9ClF2N2O4. The number of carbonyl (C=O) groups is 1. The number of rotatable bonds is 4. The number of carboxylic acid groups (broad SMARTS) is 1. The van der Waals surface area contributed by atoms with Crippen molar-refractivity contribution in [3.63, 3.8) is 0 Å². The highest BCUT2D eigenvalue weighted by Crippen LogP contribution is 2.34. The van der Waals surface area contributed by atoms with Gasteiger partial charge in [0.15, 0.2) is 11.6 Å². The number of hydrogen-bond acceptors (Lipinski definition) is 5. The Labute approximate surface area is 127 Å². The first-order valence-corrected chi connectivity index (χ1v) is 6.16. The number of aromatic hydroxyl groups is 1. The summed E-state index contributed by atoms with van der Waals surface area (Å²) in [6.45, 7) is 0. The van der Waals surface area contributed by atoms with Gasteiger partial charge in [-0.2, -0.15) is 0 Å². The van der Waals surface area contributed by atoms with Crippen LogP contribution in [-0.2, 0) is 4.79 Å². The Morgan fingerprint density at radius 2 is 2.00 bits per heavy atom. The molecule has 0 saturated carbocycles. The van der Waals surface area contributed by atoms with Crippen LogP contribution in [0.4, 0.5) is 14.6 Å². The summed E-state index contributed by atoms with van der Waals surface area (Å²) < 4.78 is 32.3. The van der Waals surface area contributed by atoms with Crippen LogP contribution in [0.1, 0.15) is 11.7 Å². The molecule has 1 atom stereocenters. The second-order valence-corrected chi connectivity index (χ2v) is 4.55. The maximum Gasteiger partial charge on any atom is 0.349 e. The van der Waals surface area contributed by atoms with E-state index in [9.17, 15) is 23.8 Å². The van der Waals surface area contributed by atoms with Gasteiger partial charge in [-0.1, -0.05) is 11.6 Å². The average molecular weight is 331 g/mol. The highest BCUT2D eigenvalue weighted by molar-refractivity contribution is 6.31. The summed E-state index contributed by atoms with van der Waals surface area (Å²) in [5.41, 5.74) is 4.78. The molecule has 0 amide bonds. The number of aliphatic carboxylic acids is 1. The Morgan fingerprint density at radius 1 is 1.36 bits per heavy atom. The van der Waals surface area contributed by atoms with Gasteiger partial charge in [0.2, 0.25) is 6.10 Å². The number of nitrogens with zero attached hydrogens (tertiary/aromatic N) is 1. The summed E-state index contributed by atoms with van der Waals surface area (Å²) in [5.74, 6) is -4.60. The quantitative estimate of drug-likeness (QED) is 0.744. The molecule has 22 heavy (non-hydrogen) atoms. The highest BCUT2D eigenvalue weighted by atomic mass is 35.5. The molecule has 0 radical (unpaired) electrons. The Kier molecular flexibility index (Phi) is 4.32. The Bertz CT molecular complexity index is 742. The lowest BCUT2D eigenvalue weighted by Crippen LogP contribution is -2.21. The lowest BCUT2D eigenvalue weighted by molar-refractivity contribution is -0.145. The second kappa shape index (κ2) is 6.02. The Balaban J connectivity index is 2.51. The van der Waals surface area contributed by atoms with Crippen molar-refractivity contribution in [1.82, 2.24) is 4.98 Å². The molecule has 9 heteroatoms. The molecular weight excluding hydrogens is 322 g/mol. The van der Waals surface area contributed by atoms with Crippen LogP contribution < -0.4 is 10.5 Å². The molecule has 0 aliphatic rings. The molecule has 0 aliphatic heterocycles. The smallest absolute Gasteiger partial charge is 0.349 e. The van der Waals surface area contributed by atoms with Crippen molar-refractivity contribution < 1.29 is 28.5 Å². The molecule has 2 rings (SSSR count). The first-order valence-electron chi connectivity index (χ1n) is 5.78. The van der Waals surface area contributed by atoms with Crippen LogP contribution in [0.15, 0.2) is 24.4 Å². The predicted molar refractivity (Wildman–Crippen MR) is 72.7 cm³/mol. The van der Waals surface area contributed by atoms with E-state index >= 15 is 0 Å². The Morgan fingerprint density at radius 3 is 2.64 bits per heavy atom. The molecule has 1 unspecified atom stereocenters. The zero-order valence-electron chi connectivity index (χ0n) is 10.8. The number of ether oxygens (including phenoxy) is 1. The van der Waals surface area contributed by atoms with Gasteiger partial charge in [0, 0.05) is 6.07 Å². The molecule has 4 N–H and O–H groups in total. The number of anilines is 1. The summed E-state index contributed by atoms with van der Waals surface area (Å²) in [5, 5.41) is 17.8. The van der Waals surface area contributed by atoms with E-state index < -0.39 is 34.3 Å². The molecule has 0 saturated heterocycles. The van der Waals surface area contributed by atoms with Crippen LogP contribution in [-0.4, -0.2) is 21.2 Å². The van der Waals surface area contributed by atoms with Crippen molar-refractivity contribution in [2.24, 2.45) is 0 Å². The minimum absolute atomic E-state index is 0.239. The van der Waals surface area contributed by atoms with Crippen LogP contribution in [0.5, 0.6) is 11.5 Å². The van der Waals surface area contributed by atoms with Gasteiger partial charge in [-0.25, -0.2) is 18.6 Å². The average Bonchev–Trinajstić information content (AvgIpc) is 2.45. The largest absolute Gasteiger partial charge is 0.506 e. The zero-order chi connectivity index (χ0) is 16.4.